The fraction of sp³-hybridized carbons (Fsp3) is 0.211. The van der Waals surface area contributed by atoms with E-state index >= 15 is 0 Å². The van der Waals surface area contributed by atoms with Crippen LogP contribution in [0, 0.1) is 18.3 Å². The maximum absolute atomic E-state index is 12.0. The van der Waals surface area contributed by atoms with Crippen LogP contribution in [0.5, 0.6) is 5.75 Å². The number of nitriles is 1. The summed E-state index contributed by atoms with van der Waals surface area (Å²) in [7, 11) is 0. The molecule has 0 saturated heterocycles. The van der Waals surface area contributed by atoms with Gasteiger partial charge in [-0.3, -0.25) is 4.79 Å². The van der Waals surface area contributed by atoms with Crippen LogP contribution in [0.1, 0.15) is 18.1 Å². The summed E-state index contributed by atoms with van der Waals surface area (Å²) in [5.74, 6) is -0.840. The van der Waals surface area contributed by atoms with E-state index in [1.54, 1.807) is 36.4 Å². The van der Waals surface area contributed by atoms with Gasteiger partial charge >= 0.3 is 5.97 Å². The molecule has 1 N–H and O–H groups in total. The number of hydrogen-bond acceptors (Lipinski definition) is 5. The Labute approximate surface area is 146 Å². The summed E-state index contributed by atoms with van der Waals surface area (Å²) in [5, 5.41) is 11.6. The van der Waals surface area contributed by atoms with Gasteiger partial charge in [0.1, 0.15) is 11.8 Å². The third-order valence-corrected chi connectivity index (χ3v) is 3.35. The zero-order valence-electron chi connectivity index (χ0n) is 14.0. The van der Waals surface area contributed by atoms with Gasteiger partial charge in [-0.1, -0.05) is 29.8 Å². The van der Waals surface area contributed by atoms with Gasteiger partial charge in [0, 0.05) is 5.69 Å². The Balaban J connectivity index is 1.84. The van der Waals surface area contributed by atoms with Crippen molar-refractivity contribution in [1.29, 1.82) is 5.26 Å². The third-order valence-electron chi connectivity index (χ3n) is 3.35. The Bertz CT molecular complexity index is 794. The van der Waals surface area contributed by atoms with Gasteiger partial charge in [0.25, 0.3) is 5.91 Å². The predicted octanol–water partition coefficient (Wildman–Crippen LogP) is 2.82. The number of anilines is 1. The van der Waals surface area contributed by atoms with E-state index in [4.69, 9.17) is 14.7 Å². The van der Waals surface area contributed by atoms with Crippen LogP contribution in [0.15, 0.2) is 48.5 Å². The molecule has 2 aromatic rings. The van der Waals surface area contributed by atoms with Crippen molar-refractivity contribution in [2.45, 2.75) is 20.0 Å². The number of benzene rings is 2. The second-order valence-corrected chi connectivity index (χ2v) is 5.38. The highest BCUT2D eigenvalue weighted by molar-refractivity contribution is 5.95. The molecule has 0 unspecified atom stereocenters. The summed E-state index contributed by atoms with van der Waals surface area (Å²) in [4.78, 5) is 23.9. The van der Waals surface area contributed by atoms with Gasteiger partial charge in [-0.15, -0.1) is 0 Å². The number of amides is 1. The molecule has 0 bridgehead atoms. The first-order valence-electron chi connectivity index (χ1n) is 7.68. The van der Waals surface area contributed by atoms with Crippen LogP contribution in [0.2, 0.25) is 0 Å². The number of rotatable bonds is 6. The van der Waals surface area contributed by atoms with Crippen molar-refractivity contribution < 1.29 is 19.1 Å². The van der Waals surface area contributed by atoms with Crippen molar-refractivity contribution in [2.24, 2.45) is 0 Å². The Kier molecular flexibility index (Phi) is 6.13. The summed E-state index contributed by atoms with van der Waals surface area (Å²) in [6.45, 7) is 3.03. The highest BCUT2D eigenvalue weighted by Gasteiger charge is 2.18. The largest absolute Gasteiger partial charge is 0.481 e. The quantitative estimate of drug-likeness (QED) is 0.818. The van der Waals surface area contributed by atoms with Crippen LogP contribution >= 0.6 is 0 Å². The summed E-state index contributed by atoms with van der Waals surface area (Å²) >= 11 is 0. The zero-order chi connectivity index (χ0) is 18.2. The normalized spacial score (nSPS) is 11.1. The zero-order valence-corrected chi connectivity index (χ0v) is 14.0. The van der Waals surface area contributed by atoms with E-state index in [-0.39, 0.29) is 6.61 Å². The first-order valence-corrected chi connectivity index (χ1v) is 7.68. The number of nitrogens with one attached hydrogen (secondary N) is 1. The number of carbonyl (C=O) groups is 2. The van der Waals surface area contributed by atoms with Crippen LogP contribution in [-0.2, 0) is 14.3 Å². The Morgan fingerprint density at radius 2 is 1.84 bits per heavy atom. The Morgan fingerprint density at radius 3 is 2.52 bits per heavy atom. The fourth-order valence-corrected chi connectivity index (χ4v) is 1.99. The first-order chi connectivity index (χ1) is 12.0. The lowest BCUT2D eigenvalue weighted by Gasteiger charge is -2.14. The summed E-state index contributed by atoms with van der Waals surface area (Å²) < 4.78 is 10.3. The van der Waals surface area contributed by atoms with E-state index in [9.17, 15) is 9.59 Å². The molecule has 0 spiro atoms. The monoisotopic (exact) mass is 338 g/mol. The molecule has 25 heavy (non-hydrogen) atoms. The SMILES string of the molecule is Cc1ccc(NC(=O)[C@H](C)OC(=O)COc2ccccc2C#N)cc1. The predicted molar refractivity (Wildman–Crippen MR) is 92.0 cm³/mol. The van der Waals surface area contributed by atoms with Crippen LogP contribution in [0.4, 0.5) is 5.69 Å². The smallest absolute Gasteiger partial charge is 0.344 e. The summed E-state index contributed by atoms with van der Waals surface area (Å²) in [6.07, 6.45) is -0.969. The minimum atomic E-state index is -0.969. The van der Waals surface area contributed by atoms with Crippen molar-refractivity contribution in [3.63, 3.8) is 0 Å². The number of ether oxygens (including phenoxy) is 2. The van der Waals surface area contributed by atoms with Crippen LogP contribution in [-0.4, -0.2) is 24.6 Å². The first kappa shape index (κ1) is 18.0. The summed E-state index contributed by atoms with van der Waals surface area (Å²) in [5.41, 5.74) is 2.02. The lowest BCUT2D eigenvalue weighted by Crippen LogP contribution is -2.31. The van der Waals surface area contributed by atoms with Gasteiger partial charge in [0.05, 0.1) is 5.56 Å². The molecule has 1 amide bonds. The number of esters is 1. The molecule has 0 fully saturated rings. The number of hydrogen-bond donors (Lipinski definition) is 1. The van der Waals surface area contributed by atoms with Gasteiger partial charge in [0.15, 0.2) is 12.7 Å². The fourth-order valence-electron chi connectivity index (χ4n) is 1.99. The standard InChI is InChI=1S/C19H18N2O4/c1-13-7-9-16(10-8-13)21-19(23)14(2)25-18(22)12-24-17-6-4-3-5-15(17)11-20/h3-10,14H,12H2,1-2H3,(H,21,23)/t14-/m0/s1. The number of carbonyl (C=O) groups excluding carboxylic acids is 2. The van der Waals surface area contributed by atoms with Crippen LogP contribution in [0.3, 0.4) is 0 Å². The van der Waals surface area contributed by atoms with Gasteiger partial charge in [-0.05, 0) is 38.1 Å². The topological polar surface area (TPSA) is 88.4 Å². The number of para-hydroxylation sites is 1. The molecule has 2 aromatic carbocycles. The molecule has 0 heterocycles. The van der Waals surface area contributed by atoms with E-state index in [0.717, 1.165) is 5.56 Å². The van der Waals surface area contributed by atoms with Crippen molar-refractivity contribution in [3.05, 3.63) is 59.7 Å². The van der Waals surface area contributed by atoms with Crippen LogP contribution in [0.25, 0.3) is 0 Å². The average molecular weight is 338 g/mol. The number of aryl methyl sites for hydroxylation is 1. The molecule has 128 valence electrons. The molecule has 0 saturated carbocycles. The Morgan fingerprint density at radius 1 is 1.16 bits per heavy atom. The molecular weight excluding hydrogens is 320 g/mol. The van der Waals surface area contributed by atoms with Crippen molar-refractivity contribution in [3.8, 4) is 11.8 Å². The van der Waals surface area contributed by atoms with Gasteiger partial charge in [-0.25, -0.2) is 4.79 Å². The molecule has 6 heteroatoms. The van der Waals surface area contributed by atoms with E-state index < -0.39 is 18.0 Å². The van der Waals surface area contributed by atoms with Gasteiger partial charge in [0.2, 0.25) is 0 Å². The molecule has 0 aliphatic carbocycles. The molecule has 6 nitrogen and oxygen atoms in total. The van der Waals surface area contributed by atoms with Gasteiger partial charge < -0.3 is 14.8 Å². The van der Waals surface area contributed by atoms with E-state index in [1.807, 2.05) is 25.1 Å². The molecule has 1 atom stereocenters. The highest BCUT2D eigenvalue weighted by atomic mass is 16.6. The van der Waals surface area contributed by atoms with E-state index in [0.29, 0.717) is 17.0 Å². The second kappa shape index (κ2) is 8.50. The molecular formula is C19H18N2O4. The van der Waals surface area contributed by atoms with E-state index in [1.165, 1.54) is 6.92 Å². The second-order valence-electron chi connectivity index (χ2n) is 5.38. The molecule has 0 aromatic heterocycles. The lowest BCUT2D eigenvalue weighted by molar-refractivity contribution is -0.155. The van der Waals surface area contributed by atoms with Crippen molar-refractivity contribution in [1.82, 2.24) is 0 Å². The molecule has 0 radical (unpaired) electrons. The minimum absolute atomic E-state index is 0.290. The lowest BCUT2D eigenvalue weighted by atomic mass is 10.2. The molecule has 0 aliphatic rings. The molecule has 2 rings (SSSR count). The molecule has 0 aliphatic heterocycles. The average Bonchev–Trinajstić information content (AvgIpc) is 2.62. The Hall–Kier alpha value is -3.33. The summed E-state index contributed by atoms with van der Waals surface area (Å²) in [6, 6.07) is 15.8. The van der Waals surface area contributed by atoms with Crippen LogP contribution < -0.4 is 10.1 Å². The van der Waals surface area contributed by atoms with Gasteiger partial charge in [-0.2, -0.15) is 5.26 Å². The minimum Gasteiger partial charge on any atom is -0.481 e. The highest BCUT2D eigenvalue weighted by Crippen LogP contribution is 2.16. The van der Waals surface area contributed by atoms with Crippen molar-refractivity contribution >= 4 is 17.6 Å². The van der Waals surface area contributed by atoms with E-state index in [2.05, 4.69) is 5.32 Å². The number of nitrogens with zero attached hydrogens (tertiary/aromatic N) is 1. The maximum Gasteiger partial charge on any atom is 0.344 e. The maximum atomic E-state index is 12.0. The van der Waals surface area contributed by atoms with Crippen molar-refractivity contribution in [2.75, 3.05) is 11.9 Å². The third kappa shape index (κ3) is 5.36.